The molecule has 2 aliphatic rings. The SMILES string of the molecule is C[C@H]1[C@H](C(=O)ON2C(=O)c3ccccc3C2=O)C1(F)F. The van der Waals surface area contributed by atoms with Gasteiger partial charge in [0.25, 0.3) is 17.7 Å². The monoisotopic (exact) mass is 281 g/mol. The predicted molar refractivity (Wildman–Crippen MR) is 60.6 cm³/mol. The van der Waals surface area contributed by atoms with Crippen molar-refractivity contribution in [2.45, 2.75) is 12.8 Å². The molecule has 2 atom stereocenters. The van der Waals surface area contributed by atoms with Gasteiger partial charge in [0.15, 0.2) is 0 Å². The highest BCUT2D eigenvalue weighted by molar-refractivity contribution is 6.20. The lowest BCUT2D eigenvalue weighted by Crippen LogP contribution is -2.33. The normalized spacial score (nSPS) is 26.4. The molecule has 3 rings (SSSR count). The van der Waals surface area contributed by atoms with Crippen LogP contribution in [0.1, 0.15) is 27.6 Å². The zero-order valence-electron chi connectivity index (χ0n) is 10.3. The molecule has 0 unspecified atom stereocenters. The number of benzene rings is 1. The van der Waals surface area contributed by atoms with Gasteiger partial charge in [-0.1, -0.05) is 24.1 Å². The first-order valence-corrected chi connectivity index (χ1v) is 5.93. The first kappa shape index (κ1) is 12.7. The Morgan fingerprint density at radius 2 is 1.65 bits per heavy atom. The van der Waals surface area contributed by atoms with Crippen LogP contribution < -0.4 is 0 Å². The van der Waals surface area contributed by atoms with Crippen LogP contribution in [0.2, 0.25) is 0 Å². The van der Waals surface area contributed by atoms with Gasteiger partial charge in [-0.05, 0) is 12.1 Å². The molecule has 1 aliphatic carbocycles. The van der Waals surface area contributed by atoms with E-state index in [1.807, 2.05) is 0 Å². The number of hydrogen-bond donors (Lipinski definition) is 0. The Hall–Kier alpha value is -2.31. The van der Waals surface area contributed by atoms with Gasteiger partial charge in [0, 0.05) is 5.92 Å². The molecule has 104 valence electrons. The van der Waals surface area contributed by atoms with Gasteiger partial charge in [-0.15, -0.1) is 0 Å². The molecule has 0 saturated heterocycles. The van der Waals surface area contributed by atoms with E-state index >= 15 is 0 Å². The van der Waals surface area contributed by atoms with E-state index in [-0.39, 0.29) is 16.2 Å². The second-order valence-electron chi connectivity index (χ2n) is 4.80. The summed E-state index contributed by atoms with van der Waals surface area (Å²) >= 11 is 0. The van der Waals surface area contributed by atoms with E-state index in [2.05, 4.69) is 4.84 Å². The lowest BCUT2D eigenvalue weighted by atomic mass is 10.1. The van der Waals surface area contributed by atoms with Crippen molar-refractivity contribution in [1.82, 2.24) is 5.06 Å². The van der Waals surface area contributed by atoms with E-state index < -0.39 is 35.5 Å². The maximum atomic E-state index is 13.1. The minimum absolute atomic E-state index is 0.0842. The fourth-order valence-corrected chi connectivity index (χ4v) is 2.24. The van der Waals surface area contributed by atoms with E-state index in [0.717, 1.165) is 0 Å². The molecule has 1 saturated carbocycles. The summed E-state index contributed by atoms with van der Waals surface area (Å²) in [6, 6.07) is 5.90. The number of carbonyl (C=O) groups is 3. The van der Waals surface area contributed by atoms with Crippen molar-refractivity contribution in [1.29, 1.82) is 0 Å². The minimum atomic E-state index is -3.14. The molecular formula is C13H9F2NO4. The van der Waals surface area contributed by atoms with Gasteiger partial charge < -0.3 is 4.84 Å². The second-order valence-corrected chi connectivity index (χ2v) is 4.80. The highest BCUT2D eigenvalue weighted by atomic mass is 19.3. The Kier molecular flexibility index (Phi) is 2.44. The summed E-state index contributed by atoms with van der Waals surface area (Å²) in [6.45, 7) is 1.20. The van der Waals surface area contributed by atoms with Crippen molar-refractivity contribution in [2.75, 3.05) is 0 Å². The zero-order chi connectivity index (χ0) is 14.7. The Labute approximate surface area is 112 Å². The Bertz CT molecular complexity index is 608. The van der Waals surface area contributed by atoms with Gasteiger partial charge >= 0.3 is 5.97 Å². The molecular weight excluding hydrogens is 272 g/mol. The van der Waals surface area contributed by atoms with Crippen LogP contribution in [-0.2, 0) is 9.63 Å². The van der Waals surface area contributed by atoms with Crippen molar-refractivity contribution in [3.8, 4) is 0 Å². The van der Waals surface area contributed by atoms with Gasteiger partial charge in [-0.2, -0.15) is 0 Å². The van der Waals surface area contributed by atoms with Crippen molar-refractivity contribution < 1.29 is 28.0 Å². The maximum Gasteiger partial charge on any atom is 0.342 e. The molecule has 0 N–H and O–H groups in total. The second kappa shape index (κ2) is 3.84. The minimum Gasteiger partial charge on any atom is -0.329 e. The summed E-state index contributed by atoms with van der Waals surface area (Å²) < 4.78 is 26.2. The van der Waals surface area contributed by atoms with Crippen LogP contribution in [0.15, 0.2) is 24.3 Å². The fraction of sp³-hybridized carbons (Fsp3) is 0.308. The molecule has 1 heterocycles. The van der Waals surface area contributed by atoms with Crippen molar-refractivity contribution in [2.24, 2.45) is 11.8 Å². The van der Waals surface area contributed by atoms with Gasteiger partial charge in [0.1, 0.15) is 5.92 Å². The number of amides is 2. The van der Waals surface area contributed by atoms with Crippen molar-refractivity contribution in [3.63, 3.8) is 0 Å². The standard InChI is InChI=1S/C13H9F2NO4/c1-6-9(13(6,14)15)12(19)20-16-10(17)7-4-2-3-5-8(7)11(16)18/h2-6,9H,1H3/t6-,9+/m0/s1. The molecule has 0 aromatic heterocycles. The molecule has 0 spiro atoms. The van der Waals surface area contributed by atoms with Crippen LogP contribution in [0.5, 0.6) is 0 Å². The lowest BCUT2D eigenvalue weighted by Gasteiger charge is -2.12. The van der Waals surface area contributed by atoms with Crippen LogP contribution in [0.3, 0.4) is 0 Å². The molecule has 1 aromatic carbocycles. The van der Waals surface area contributed by atoms with Crippen LogP contribution in [0.25, 0.3) is 0 Å². The van der Waals surface area contributed by atoms with E-state index in [1.165, 1.54) is 19.1 Å². The van der Waals surface area contributed by atoms with Crippen LogP contribution in [0, 0.1) is 11.8 Å². The van der Waals surface area contributed by atoms with E-state index in [1.54, 1.807) is 12.1 Å². The Morgan fingerprint density at radius 3 is 2.05 bits per heavy atom. The van der Waals surface area contributed by atoms with Crippen molar-refractivity contribution in [3.05, 3.63) is 35.4 Å². The number of carbonyl (C=O) groups excluding carboxylic acids is 3. The lowest BCUT2D eigenvalue weighted by molar-refractivity contribution is -0.172. The number of imide groups is 1. The van der Waals surface area contributed by atoms with Gasteiger partial charge in [-0.25, -0.2) is 13.6 Å². The molecule has 0 bridgehead atoms. The third kappa shape index (κ3) is 1.55. The number of halogens is 2. The first-order valence-electron chi connectivity index (χ1n) is 5.93. The molecule has 1 fully saturated rings. The molecule has 1 aromatic rings. The quantitative estimate of drug-likeness (QED) is 0.773. The molecule has 20 heavy (non-hydrogen) atoms. The number of rotatable bonds is 2. The summed E-state index contributed by atoms with van der Waals surface area (Å²) in [7, 11) is 0. The maximum absolute atomic E-state index is 13.1. The third-order valence-electron chi connectivity index (χ3n) is 3.60. The summed E-state index contributed by atoms with van der Waals surface area (Å²) in [5, 5.41) is 0.244. The number of alkyl halides is 2. The average Bonchev–Trinajstić information content (AvgIpc) is 2.82. The van der Waals surface area contributed by atoms with E-state index in [4.69, 9.17) is 0 Å². The van der Waals surface area contributed by atoms with Crippen LogP contribution >= 0.6 is 0 Å². The predicted octanol–water partition coefficient (Wildman–Crippen LogP) is 1.64. The van der Waals surface area contributed by atoms with E-state index in [9.17, 15) is 23.2 Å². The van der Waals surface area contributed by atoms with E-state index in [0.29, 0.717) is 0 Å². The summed E-state index contributed by atoms with van der Waals surface area (Å²) in [4.78, 5) is 39.9. The molecule has 2 amide bonds. The highest BCUT2D eigenvalue weighted by Gasteiger charge is 2.71. The van der Waals surface area contributed by atoms with Crippen LogP contribution in [0.4, 0.5) is 8.78 Å². The largest absolute Gasteiger partial charge is 0.342 e. The molecule has 1 aliphatic heterocycles. The zero-order valence-corrected chi connectivity index (χ0v) is 10.3. The van der Waals surface area contributed by atoms with Crippen molar-refractivity contribution >= 4 is 17.8 Å². The topological polar surface area (TPSA) is 63.7 Å². The number of nitrogens with zero attached hydrogens (tertiary/aromatic N) is 1. The molecule has 5 nitrogen and oxygen atoms in total. The highest BCUT2D eigenvalue weighted by Crippen LogP contribution is 2.55. The third-order valence-corrected chi connectivity index (χ3v) is 3.60. The average molecular weight is 281 g/mol. The Balaban J connectivity index is 1.80. The van der Waals surface area contributed by atoms with Gasteiger partial charge in [-0.3, -0.25) is 9.59 Å². The summed E-state index contributed by atoms with van der Waals surface area (Å²) in [5.41, 5.74) is 0.168. The van der Waals surface area contributed by atoms with Gasteiger partial charge in [0.05, 0.1) is 11.1 Å². The Morgan fingerprint density at radius 1 is 1.20 bits per heavy atom. The van der Waals surface area contributed by atoms with Crippen LogP contribution in [-0.4, -0.2) is 28.8 Å². The fourth-order valence-electron chi connectivity index (χ4n) is 2.24. The number of fused-ring (bicyclic) bond motifs is 1. The number of hydrogen-bond acceptors (Lipinski definition) is 4. The molecule has 0 radical (unpaired) electrons. The summed E-state index contributed by atoms with van der Waals surface area (Å²) in [6.07, 6.45) is 0. The molecule has 7 heteroatoms. The van der Waals surface area contributed by atoms with Gasteiger partial charge in [0.2, 0.25) is 0 Å². The smallest absolute Gasteiger partial charge is 0.329 e. The first-order chi connectivity index (χ1) is 9.35. The number of hydroxylamine groups is 2. The summed E-state index contributed by atoms with van der Waals surface area (Å²) in [5.74, 6) is -8.81.